The molecule has 0 saturated carbocycles. The van der Waals surface area contributed by atoms with E-state index in [9.17, 15) is 9.50 Å². The van der Waals surface area contributed by atoms with Crippen molar-refractivity contribution in [3.63, 3.8) is 0 Å². The lowest BCUT2D eigenvalue weighted by Crippen LogP contribution is -2.30. The highest BCUT2D eigenvalue weighted by atomic mass is 31.2. The normalized spacial score (nSPS) is 29.2. The Kier molecular flexibility index (Phi) is 4.64. The van der Waals surface area contributed by atoms with Crippen LogP contribution in [0.1, 0.15) is 6.23 Å². The average Bonchev–Trinajstić information content (AvgIpc) is 3.09. The molecule has 5 N–H and O–H groups in total. The second-order valence-corrected chi connectivity index (χ2v) is 5.71. The Balaban J connectivity index is 1.81. The number of imidazole rings is 1. The van der Waals surface area contributed by atoms with Gasteiger partial charge in [-0.25, -0.2) is 19.3 Å². The number of anilines is 1. The summed E-state index contributed by atoms with van der Waals surface area (Å²) in [5, 5.41) is 18.4. The van der Waals surface area contributed by atoms with E-state index in [-0.39, 0.29) is 17.0 Å². The van der Waals surface area contributed by atoms with Crippen LogP contribution in [0.2, 0.25) is 0 Å². The molecule has 0 aromatic carbocycles. The maximum atomic E-state index is 14.3. The van der Waals surface area contributed by atoms with E-state index in [1.54, 1.807) is 0 Å². The van der Waals surface area contributed by atoms with Crippen LogP contribution in [-0.4, -0.2) is 59.5 Å². The molecule has 3 heterocycles. The Hall–Kier alpha value is -1.53. The highest BCUT2D eigenvalue weighted by Crippen LogP contribution is 2.37. The maximum absolute atomic E-state index is 14.3. The van der Waals surface area contributed by atoms with Crippen molar-refractivity contribution >= 4 is 25.4 Å². The van der Waals surface area contributed by atoms with E-state index < -0.39 is 39.5 Å². The molecule has 0 aliphatic carbocycles. The quantitative estimate of drug-likeness (QED) is 0.305. The summed E-state index contributed by atoms with van der Waals surface area (Å²) in [7, 11) is -2.26. The first-order valence-corrected chi connectivity index (χ1v) is 7.74. The van der Waals surface area contributed by atoms with Gasteiger partial charge in [-0.2, -0.15) is 9.56 Å². The van der Waals surface area contributed by atoms with Gasteiger partial charge in [0.15, 0.2) is 23.9 Å². The molecule has 1 aliphatic rings. The Morgan fingerprint density at radius 2 is 2.22 bits per heavy atom. The standard InChI is InChI=1S/C10H13FN5O6P/c11-4-6(18)10(21-22-23(19)3-17)20-9(4)16-2-15-5-7(12)13-1-14-8(5)16/h1-2,4,6,9-10,17-19H,3H2,(H2,12,13,14)/t4-,6?,9+,10+,23?/m0/s1. The predicted molar refractivity (Wildman–Crippen MR) is 72.9 cm³/mol. The minimum absolute atomic E-state index is 0.118. The largest absolute Gasteiger partial charge is 0.387 e. The van der Waals surface area contributed by atoms with Crippen molar-refractivity contribution in [1.29, 1.82) is 0 Å². The number of nitrogen functional groups attached to an aromatic ring is 1. The van der Waals surface area contributed by atoms with Crippen LogP contribution in [0.25, 0.3) is 11.2 Å². The number of nitrogens with zero attached hydrogens (tertiary/aromatic N) is 4. The second kappa shape index (κ2) is 6.53. The number of aliphatic hydroxyl groups excluding tert-OH is 2. The van der Waals surface area contributed by atoms with Crippen LogP contribution in [-0.2, 0) is 14.3 Å². The first-order chi connectivity index (χ1) is 11.0. The van der Waals surface area contributed by atoms with Crippen molar-refractivity contribution in [3.05, 3.63) is 12.7 Å². The average molecular weight is 349 g/mol. The smallest absolute Gasteiger partial charge is 0.232 e. The summed E-state index contributed by atoms with van der Waals surface area (Å²) in [6.07, 6.45) is -4.60. The van der Waals surface area contributed by atoms with Crippen molar-refractivity contribution in [3.8, 4) is 0 Å². The highest BCUT2D eigenvalue weighted by molar-refractivity contribution is 7.45. The number of hydrogen-bond acceptors (Lipinski definition) is 10. The van der Waals surface area contributed by atoms with Crippen molar-refractivity contribution in [1.82, 2.24) is 19.5 Å². The molecule has 0 bridgehead atoms. The van der Waals surface area contributed by atoms with E-state index in [0.29, 0.717) is 0 Å². The van der Waals surface area contributed by atoms with Crippen LogP contribution in [0.4, 0.5) is 10.2 Å². The first kappa shape index (κ1) is 16.3. The van der Waals surface area contributed by atoms with Gasteiger partial charge in [0.1, 0.15) is 24.3 Å². The SMILES string of the molecule is Nc1ncnc2c1ncn2[C@@H]1O[C@H](OOP(O)CO)C(O)[C@@H]1F. The molecule has 0 radical (unpaired) electrons. The summed E-state index contributed by atoms with van der Waals surface area (Å²) >= 11 is 0. The zero-order valence-electron chi connectivity index (χ0n) is 11.4. The van der Waals surface area contributed by atoms with Gasteiger partial charge in [-0.1, -0.05) is 0 Å². The second-order valence-electron chi connectivity index (χ2n) is 4.58. The number of rotatable bonds is 5. The number of alkyl halides is 1. The molecule has 0 spiro atoms. The maximum Gasteiger partial charge on any atom is 0.232 e. The van der Waals surface area contributed by atoms with Gasteiger partial charge in [-0.15, -0.1) is 0 Å². The number of hydrogen-bond donors (Lipinski definition) is 4. The molecule has 2 aromatic rings. The molecular formula is C10H13FN5O6P. The molecule has 3 rings (SSSR count). The first-order valence-electron chi connectivity index (χ1n) is 6.34. The molecule has 5 atom stereocenters. The summed E-state index contributed by atoms with van der Waals surface area (Å²) in [5.41, 5.74) is 6.13. The summed E-state index contributed by atoms with van der Waals surface area (Å²) in [4.78, 5) is 25.4. The number of aromatic nitrogens is 4. The molecule has 13 heteroatoms. The molecule has 1 aliphatic heterocycles. The molecule has 2 unspecified atom stereocenters. The fourth-order valence-electron chi connectivity index (χ4n) is 2.08. The molecule has 23 heavy (non-hydrogen) atoms. The van der Waals surface area contributed by atoms with Crippen molar-refractivity contribution in [2.45, 2.75) is 24.8 Å². The van der Waals surface area contributed by atoms with Gasteiger partial charge in [-0.3, -0.25) is 4.57 Å². The third-order valence-corrected chi connectivity index (χ3v) is 3.66. The summed E-state index contributed by atoms with van der Waals surface area (Å²) in [5.74, 6) is 0.118. The number of halogens is 1. The van der Waals surface area contributed by atoms with E-state index in [1.165, 1.54) is 17.2 Å². The molecule has 0 amide bonds. The number of fused-ring (bicyclic) bond motifs is 1. The van der Waals surface area contributed by atoms with E-state index in [2.05, 4.69) is 24.5 Å². The summed E-state index contributed by atoms with van der Waals surface area (Å²) < 4.78 is 25.2. The van der Waals surface area contributed by atoms with Gasteiger partial charge >= 0.3 is 0 Å². The van der Waals surface area contributed by atoms with Crippen LogP contribution in [0, 0.1) is 0 Å². The number of aliphatic hydroxyl groups is 2. The minimum atomic E-state index is -2.26. The molecular weight excluding hydrogens is 336 g/mol. The van der Waals surface area contributed by atoms with E-state index in [0.717, 1.165) is 0 Å². The third kappa shape index (κ3) is 2.97. The lowest BCUT2D eigenvalue weighted by Gasteiger charge is -2.15. The summed E-state index contributed by atoms with van der Waals surface area (Å²) in [6, 6.07) is 0. The van der Waals surface area contributed by atoms with Crippen LogP contribution >= 0.6 is 8.38 Å². The summed E-state index contributed by atoms with van der Waals surface area (Å²) in [6.45, 7) is 0. The predicted octanol–water partition coefficient (Wildman–Crippen LogP) is -0.835. The van der Waals surface area contributed by atoms with Crippen LogP contribution in [0.3, 0.4) is 0 Å². The Labute approximate surface area is 129 Å². The third-order valence-electron chi connectivity index (χ3n) is 3.16. The number of ether oxygens (including phenoxy) is 1. The van der Waals surface area contributed by atoms with Crippen molar-refractivity contribution in [2.24, 2.45) is 0 Å². The molecule has 1 saturated heterocycles. The van der Waals surface area contributed by atoms with E-state index >= 15 is 0 Å². The molecule has 1 fully saturated rings. The fourth-order valence-corrected chi connectivity index (χ4v) is 2.31. The zero-order chi connectivity index (χ0) is 16.6. The Morgan fingerprint density at radius 3 is 2.96 bits per heavy atom. The Morgan fingerprint density at radius 1 is 1.43 bits per heavy atom. The Bertz CT molecular complexity index is 691. The van der Waals surface area contributed by atoms with Gasteiger partial charge in [-0.05, 0) is 0 Å². The zero-order valence-corrected chi connectivity index (χ0v) is 12.3. The van der Waals surface area contributed by atoms with Gasteiger partial charge in [0, 0.05) is 0 Å². The lowest BCUT2D eigenvalue weighted by molar-refractivity contribution is -0.332. The van der Waals surface area contributed by atoms with Gasteiger partial charge in [0.25, 0.3) is 0 Å². The van der Waals surface area contributed by atoms with Gasteiger partial charge in [0.05, 0.1) is 6.33 Å². The van der Waals surface area contributed by atoms with Crippen molar-refractivity contribution in [2.75, 3.05) is 12.1 Å². The molecule has 11 nitrogen and oxygen atoms in total. The lowest BCUT2D eigenvalue weighted by atomic mass is 10.2. The van der Waals surface area contributed by atoms with Crippen LogP contribution < -0.4 is 5.73 Å². The number of nitrogens with two attached hydrogens (primary N) is 1. The fraction of sp³-hybridized carbons (Fsp3) is 0.500. The monoisotopic (exact) mass is 349 g/mol. The van der Waals surface area contributed by atoms with Crippen LogP contribution in [0.5, 0.6) is 0 Å². The topological polar surface area (TPSA) is 158 Å². The molecule has 2 aromatic heterocycles. The molecule has 126 valence electrons. The minimum Gasteiger partial charge on any atom is -0.387 e. The highest BCUT2D eigenvalue weighted by Gasteiger charge is 2.47. The van der Waals surface area contributed by atoms with Gasteiger partial charge < -0.3 is 25.6 Å². The van der Waals surface area contributed by atoms with Crippen molar-refractivity contribution < 1.29 is 33.8 Å². The van der Waals surface area contributed by atoms with E-state index in [4.69, 9.17) is 20.5 Å². The van der Waals surface area contributed by atoms with Crippen LogP contribution in [0.15, 0.2) is 12.7 Å². The van der Waals surface area contributed by atoms with E-state index in [1.807, 2.05) is 0 Å². The van der Waals surface area contributed by atoms with Gasteiger partial charge in [0.2, 0.25) is 14.7 Å².